The molecule has 0 unspecified atom stereocenters. The number of fused-ring (bicyclic) bond motifs is 1. The van der Waals surface area contributed by atoms with E-state index in [0.717, 1.165) is 30.2 Å². The van der Waals surface area contributed by atoms with Crippen LogP contribution in [0.2, 0.25) is 0 Å². The number of nitrogens with zero attached hydrogens (tertiary/aromatic N) is 2. The van der Waals surface area contributed by atoms with Crippen molar-refractivity contribution in [3.05, 3.63) is 38.0 Å². The highest BCUT2D eigenvalue weighted by molar-refractivity contribution is 7.10. The summed E-state index contributed by atoms with van der Waals surface area (Å²) in [6.45, 7) is 4.64. The first-order valence-electron chi connectivity index (χ1n) is 6.67. The van der Waals surface area contributed by atoms with Gasteiger partial charge in [0.25, 0.3) is 0 Å². The third kappa shape index (κ3) is 3.08. The molecule has 0 saturated carbocycles. The van der Waals surface area contributed by atoms with Gasteiger partial charge in [-0.3, -0.25) is 4.79 Å². The highest BCUT2D eigenvalue weighted by Crippen LogP contribution is 2.23. The second-order valence-electron chi connectivity index (χ2n) is 4.92. The minimum Gasteiger partial charge on any atom is -0.337 e. The van der Waals surface area contributed by atoms with Gasteiger partial charge in [0.1, 0.15) is 5.01 Å². The molecule has 2 aromatic heterocycles. The van der Waals surface area contributed by atoms with E-state index in [0.29, 0.717) is 13.1 Å². The van der Waals surface area contributed by atoms with E-state index in [1.807, 2.05) is 17.2 Å². The summed E-state index contributed by atoms with van der Waals surface area (Å²) in [4.78, 5) is 19.9. The summed E-state index contributed by atoms with van der Waals surface area (Å²) < 4.78 is 0. The Morgan fingerprint density at radius 2 is 2.40 bits per heavy atom. The number of rotatable bonds is 4. The van der Waals surface area contributed by atoms with Crippen molar-refractivity contribution >= 4 is 28.6 Å². The van der Waals surface area contributed by atoms with Crippen molar-refractivity contribution in [2.75, 3.05) is 13.1 Å². The Bertz CT molecular complexity index is 605. The smallest absolute Gasteiger partial charge is 0.236 e. The Kier molecular flexibility index (Phi) is 4.14. The van der Waals surface area contributed by atoms with Gasteiger partial charge in [-0.25, -0.2) is 4.98 Å². The molecule has 0 saturated heterocycles. The van der Waals surface area contributed by atoms with Crippen LogP contribution in [0.1, 0.15) is 21.1 Å². The van der Waals surface area contributed by atoms with Gasteiger partial charge in [-0.15, -0.1) is 22.7 Å². The molecular formula is C14H17N3OS2. The molecule has 3 rings (SSSR count). The monoisotopic (exact) mass is 307 g/mol. The minimum atomic E-state index is 0.176. The van der Waals surface area contributed by atoms with Crippen LogP contribution >= 0.6 is 22.7 Å². The van der Waals surface area contributed by atoms with Crippen LogP contribution in [-0.4, -0.2) is 28.9 Å². The minimum absolute atomic E-state index is 0.176. The Morgan fingerprint density at radius 3 is 3.20 bits per heavy atom. The Balaban J connectivity index is 1.48. The van der Waals surface area contributed by atoms with Crippen molar-refractivity contribution in [1.82, 2.24) is 15.2 Å². The standard InChI is InChI=1S/C14H17N3OS2/c1-10-9-20-13(16-10)6-15-7-14(18)17-4-2-12-11(8-17)3-5-19-12/h3,5,9,15H,2,4,6-8H2,1H3. The predicted octanol–water partition coefficient (Wildman–Crippen LogP) is 2.19. The third-order valence-electron chi connectivity index (χ3n) is 3.38. The van der Waals surface area contributed by atoms with Crippen LogP contribution in [0.25, 0.3) is 0 Å². The molecule has 106 valence electrons. The van der Waals surface area contributed by atoms with E-state index < -0.39 is 0 Å². The number of nitrogens with one attached hydrogen (secondary N) is 1. The fourth-order valence-electron chi connectivity index (χ4n) is 2.33. The van der Waals surface area contributed by atoms with Crippen molar-refractivity contribution in [2.24, 2.45) is 0 Å². The van der Waals surface area contributed by atoms with Crippen molar-refractivity contribution in [2.45, 2.75) is 26.4 Å². The summed E-state index contributed by atoms with van der Waals surface area (Å²) >= 11 is 3.43. The molecule has 0 fully saturated rings. The summed E-state index contributed by atoms with van der Waals surface area (Å²) in [7, 11) is 0. The molecule has 20 heavy (non-hydrogen) atoms. The number of hydrogen-bond donors (Lipinski definition) is 1. The fraction of sp³-hybridized carbons (Fsp3) is 0.429. The lowest BCUT2D eigenvalue weighted by Gasteiger charge is -2.27. The van der Waals surface area contributed by atoms with E-state index >= 15 is 0 Å². The van der Waals surface area contributed by atoms with Crippen molar-refractivity contribution in [1.29, 1.82) is 0 Å². The Morgan fingerprint density at radius 1 is 1.50 bits per heavy atom. The lowest BCUT2D eigenvalue weighted by Crippen LogP contribution is -2.40. The fourth-order valence-corrected chi connectivity index (χ4v) is 3.96. The topological polar surface area (TPSA) is 45.2 Å². The number of carbonyl (C=O) groups excluding carboxylic acids is 1. The van der Waals surface area contributed by atoms with E-state index in [4.69, 9.17) is 0 Å². The first kappa shape index (κ1) is 13.7. The van der Waals surface area contributed by atoms with Crippen LogP contribution in [0, 0.1) is 6.92 Å². The molecule has 4 nitrogen and oxygen atoms in total. The summed E-state index contributed by atoms with van der Waals surface area (Å²) in [5.74, 6) is 0.176. The summed E-state index contributed by atoms with van der Waals surface area (Å²) in [5.41, 5.74) is 2.35. The Hall–Kier alpha value is -1.24. The van der Waals surface area contributed by atoms with Gasteiger partial charge in [-0.1, -0.05) is 0 Å². The number of amides is 1. The zero-order valence-electron chi connectivity index (χ0n) is 11.4. The van der Waals surface area contributed by atoms with Crippen LogP contribution in [0.3, 0.4) is 0 Å². The number of thiophene rings is 1. The second kappa shape index (κ2) is 6.03. The maximum Gasteiger partial charge on any atom is 0.236 e. The quantitative estimate of drug-likeness (QED) is 0.942. The molecule has 0 radical (unpaired) electrons. The molecule has 0 aromatic carbocycles. The van der Waals surface area contributed by atoms with Gasteiger partial charge in [0.05, 0.1) is 6.54 Å². The zero-order valence-corrected chi connectivity index (χ0v) is 13.0. The van der Waals surface area contributed by atoms with Crippen LogP contribution in [-0.2, 0) is 24.3 Å². The van der Waals surface area contributed by atoms with E-state index in [2.05, 4.69) is 21.7 Å². The predicted molar refractivity (Wildman–Crippen MR) is 82.0 cm³/mol. The van der Waals surface area contributed by atoms with E-state index in [1.54, 1.807) is 22.7 Å². The molecule has 0 spiro atoms. The number of hydrogen-bond acceptors (Lipinski definition) is 5. The third-order valence-corrected chi connectivity index (χ3v) is 5.37. The molecule has 6 heteroatoms. The van der Waals surface area contributed by atoms with Gasteiger partial charge in [-0.2, -0.15) is 0 Å². The van der Waals surface area contributed by atoms with Crippen molar-refractivity contribution in [3.8, 4) is 0 Å². The van der Waals surface area contributed by atoms with E-state index in [1.165, 1.54) is 10.4 Å². The first-order valence-corrected chi connectivity index (χ1v) is 8.43. The molecule has 1 aliphatic heterocycles. The van der Waals surface area contributed by atoms with Gasteiger partial charge in [-0.05, 0) is 30.4 Å². The van der Waals surface area contributed by atoms with Gasteiger partial charge in [0.2, 0.25) is 5.91 Å². The summed E-state index contributed by atoms with van der Waals surface area (Å²) in [6, 6.07) is 2.13. The second-order valence-corrected chi connectivity index (χ2v) is 6.86. The van der Waals surface area contributed by atoms with Crippen LogP contribution in [0.5, 0.6) is 0 Å². The van der Waals surface area contributed by atoms with Gasteiger partial charge in [0, 0.05) is 35.6 Å². The molecule has 1 amide bonds. The molecule has 3 heterocycles. The number of aryl methyl sites for hydroxylation is 1. The highest BCUT2D eigenvalue weighted by Gasteiger charge is 2.20. The van der Waals surface area contributed by atoms with Crippen LogP contribution in [0.15, 0.2) is 16.8 Å². The maximum absolute atomic E-state index is 12.2. The average molecular weight is 307 g/mol. The van der Waals surface area contributed by atoms with Crippen molar-refractivity contribution < 1.29 is 4.79 Å². The van der Waals surface area contributed by atoms with E-state index in [9.17, 15) is 4.79 Å². The van der Waals surface area contributed by atoms with Crippen LogP contribution < -0.4 is 5.32 Å². The van der Waals surface area contributed by atoms with Gasteiger partial charge >= 0.3 is 0 Å². The molecule has 1 aliphatic rings. The maximum atomic E-state index is 12.2. The number of thiazole rings is 1. The molecule has 0 bridgehead atoms. The van der Waals surface area contributed by atoms with Gasteiger partial charge < -0.3 is 10.2 Å². The lowest BCUT2D eigenvalue weighted by atomic mass is 10.1. The largest absolute Gasteiger partial charge is 0.337 e. The zero-order chi connectivity index (χ0) is 13.9. The molecular weight excluding hydrogens is 290 g/mol. The first-order chi connectivity index (χ1) is 9.72. The molecule has 1 N–H and O–H groups in total. The summed E-state index contributed by atoms with van der Waals surface area (Å²) in [5, 5.41) is 8.37. The summed E-state index contributed by atoms with van der Waals surface area (Å²) in [6.07, 6.45) is 0.990. The molecule has 0 atom stereocenters. The average Bonchev–Trinajstić information content (AvgIpc) is 3.06. The van der Waals surface area contributed by atoms with Gasteiger partial charge in [0.15, 0.2) is 0 Å². The Labute approximate surface area is 126 Å². The number of aromatic nitrogens is 1. The molecule has 2 aromatic rings. The van der Waals surface area contributed by atoms with E-state index in [-0.39, 0.29) is 5.91 Å². The lowest BCUT2D eigenvalue weighted by molar-refractivity contribution is -0.131. The van der Waals surface area contributed by atoms with Crippen molar-refractivity contribution in [3.63, 3.8) is 0 Å². The molecule has 0 aliphatic carbocycles. The normalized spacial score (nSPS) is 14.3. The van der Waals surface area contributed by atoms with Crippen LogP contribution in [0.4, 0.5) is 0 Å². The number of carbonyl (C=O) groups is 1. The highest BCUT2D eigenvalue weighted by atomic mass is 32.1. The SMILES string of the molecule is Cc1csc(CNCC(=O)N2CCc3sccc3C2)n1.